The van der Waals surface area contributed by atoms with Gasteiger partial charge in [-0.05, 0) is 11.5 Å². The summed E-state index contributed by atoms with van der Waals surface area (Å²) in [5, 5.41) is 9.95. The van der Waals surface area contributed by atoms with Gasteiger partial charge in [0.15, 0.2) is 5.96 Å². The molecule has 2 N–H and O–H groups in total. The monoisotopic (exact) mass is 502 g/mol. The van der Waals surface area contributed by atoms with Gasteiger partial charge in [-0.2, -0.15) is 0 Å². The second-order valence-corrected chi connectivity index (χ2v) is 7.63. The van der Waals surface area contributed by atoms with E-state index in [0.29, 0.717) is 31.6 Å². The Kier molecular flexibility index (Phi) is 11.5. The summed E-state index contributed by atoms with van der Waals surface area (Å²) in [5.41, 5.74) is 2.26. The minimum atomic E-state index is 0. The van der Waals surface area contributed by atoms with Gasteiger partial charge in [0.05, 0.1) is 30.5 Å². The van der Waals surface area contributed by atoms with Crippen LogP contribution in [0.15, 0.2) is 40.7 Å². The number of thiazole rings is 1. The van der Waals surface area contributed by atoms with Crippen LogP contribution in [-0.4, -0.2) is 31.1 Å². The maximum absolute atomic E-state index is 5.79. The van der Waals surface area contributed by atoms with Crippen molar-refractivity contribution in [2.24, 2.45) is 10.9 Å². The van der Waals surface area contributed by atoms with Gasteiger partial charge in [-0.15, -0.1) is 35.3 Å². The zero-order chi connectivity index (χ0) is 18.8. The van der Waals surface area contributed by atoms with Crippen molar-refractivity contribution in [3.8, 4) is 0 Å². The van der Waals surface area contributed by atoms with Crippen molar-refractivity contribution in [3.63, 3.8) is 0 Å². The Hall–Kier alpha value is -1.19. The smallest absolute Gasteiger partial charge is 0.191 e. The second kappa shape index (κ2) is 13.1. The summed E-state index contributed by atoms with van der Waals surface area (Å²) in [6.45, 7) is 9.35. The van der Waals surface area contributed by atoms with E-state index in [-0.39, 0.29) is 24.0 Å². The fourth-order valence-corrected chi connectivity index (χ4v) is 3.18. The number of guanidine groups is 1. The number of aliphatic imine (C=N–C) groups is 1. The molecule has 0 spiro atoms. The van der Waals surface area contributed by atoms with Crippen LogP contribution in [0.3, 0.4) is 0 Å². The molecule has 27 heavy (non-hydrogen) atoms. The highest BCUT2D eigenvalue weighted by Gasteiger charge is 2.08. The molecule has 0 aliphatic rings. The molecule has 0 aliphatic heterocycles. The van der Waals surface area contributed by atoms with Gasteiger partial charge in [-0.1, -0.05) is 51.1 Å². The standard InChI is InChI=1S/C20H30N4OS.HI/c1-15(2)19-24-18(14-26-19)11-23-20(21-4)22-10-16(3)12-25-13-17-8-6-5-7-9-17;/h5-9,14-16H,10-13H2,1-4H3,(H2,21,22,23);1H. The fourth-order valence-electron chi connectivity index (χ4n) is 2.35. The van der Waals surface area contributed by atoms with Crippen LogP contribution in [0.1, 0.15) is 43.0 Å². The Morgan fingerprint density at radius 3 is 2.56 bits per heavy atom. The lowest BCUT2D eigenvalue weighted by Gasteiger charge is -2.16. The predicted octanol–water partition coefficient (Wildman–Crippen LogP) is 4.40. The van der Waals surface area contributed by atoms with Gasteiger partial charge in [-0.25, -0.2) is 4.98 Å². The van der Waals surface area contributed by atoms with Gasteiger partial charge in [-0.3, -0.25) is 4.99 Å². The quantitative estimate of drug-likeness (QED) is 0.303. The molecule has 0 fully saturated rings. The molecular formula is C20H31IN4OS. The summed E-state index contributed by atoms with van der Waals surface area (Å²) in [5.74, 6) is 1.66. The van der Waals surface area contributed by atoms with Crippen molar-refractivity contribution >= 4 is 41.3 Å². The summed E-state index contributed by atoms with van der Waals surface area (Å²) in [6, 6.07) is 10.2. The van der Waals surface area contributed by atoms with E-state index >= 15 is 0 Å². The van der Waals surface area contributed by atoms with Crippen LogP contribution in [-0.2, 0) is 17.9 Å². The largest absolute Gasteiger partial charge is 0.376 e. The average Bonchev–Trinajstić information content (AvgIpc) is 3.12. The molecule has 7 heteroatoms. The van der Waals surface area contributed by atoms with E-state index in [1.807, 2.05) is 18.2 Å². The Morgan fingerprint density at radius 2 is 1.93 bits per heavy atom. The third-order valence-corrected chi connectivity index (χ3v) is 5.05. The highest BCUT2D eigenvalue weighted by Crippen LogP contribution is 2.18. The molecule has 1 aromatic carbocycles. The molecule has 1 unspecified atom stereocenters. The Morgan fingerprint density at radius 1 is 1.19 bits per heavy atom. The van der Waals surface area contributed by atoms with E-state index < -0.39 is 0 Å². The van der Waals surface area contributed by atoms with Crippen molar-refractivity contribution < 1.29 is 4.74 Å². The Balaban J connectivity index is 0.00000364. The van der Waals surface area contributed by atoms with Crippen LogP contribution in [0.5, 0.6) is 0 Å². The molecule has 1 atom stereocenters. The number of ether oxygens (including phenoxy) is 1. The van der Waals surface area contributed by atoms with Gasteiger partial charge in [0, 0.05) is 24.9 Å². The van der Waals surface area contributed by atoms with E-state index in [1.54, 1.807) is 18.4 Å². The molecule has 0 saturated heterocycles. The van der Waals surface area contributed by atoms with Gasteiger partial charge in [0.25, 0.3) is 0 Å². The molecule has 2 rings (SSSR count). The summed E-state index contributed by atoms with van der Waals surface area (Å²) in [6.07, 6.45) is 0. The van der Waals surface area contributed by atoms with E-state index in [2.05, 4.69) is 58.9 Å². The van der Waals surface area contributed by atoms with Gasteiger partial charge < -0.3 is 15.4 Å². The number of nitrogens with one attached hydrogen (secondary N) is 2. The molecule has 0 amide bonds. The lowest BCUT2D eigenvalue weighted by molar-refractivity contribution is 0.0931. The normalized spacial score (nSPS) is 12.6. The number of hydrogen-bond acceptors (Lipinski definition) is 4. The molecule has 150 valence electrons. The SMILES string of the molecule is CN=C(NCc1csc(C(C)C)n1)NCC(C)COCc1ccccc1.I. The lowest BCUT2D eigenvalue weighted by atomic mass is 10.2. The zero-order valence-corrected chi connectivity index (χ0v) is 19.7. The first-order chi connectivity index (χ1) is 12.6. The summed E-state index contributed by atoms with van der Waals surface area (Å²) < 4.78 is 5.79. The highest BCUT2D eigenvalue weighted by atomic mass is 127. The van der Waals surface area contributed by atoms with Crippen molar-refractivity contribution in [1.82, 2.24) is 15.6 Å². The van der Waals surface area contributed by atoms with E-state index in [9.17, 15) is 0 Å². The van der Waals surface area contributed by atoms with Crippen molar-refractivity contribution in [2.45, 2.75) is 39.8 Å². The highest BCUT2D eigenvalue weighted by molar-refractivity contribution is 14.0. The predicted molar refractivity (Wildman–Crippen MR) is 125 cm³/mol. The molecule has 1 heterocycles. The number of hydrogen-bond donors (Lipinski definition) is 2. The molecule has 0 bridgehead atoms. The second-order valence-electron chi connectivity index (χ2n) is 6.74. The summed E-state index contributed by atoms with van der Waals surface area (Å²) in [7, 11) is 1.78. The van der Waals surface area contributed by atoms with Crippen molar-refractivity contribution in [1.29, 1.82) is 0 Å². The van der Waals surface area contributed by atoms with Crippen LogP contribution in [0.25, 0.3) is 0 Å². The van der Waals surface area contributed by atoms with Crippen LogP contribution in [0, 0.1) is 5.92 Å². The van der Waals surface area contributed by atoms with E-state index in [1.165, 1.54) is 10.6 Å². The first-order valence-electron chi connectivity index (χ1n) is 9.09. The number of nitrogens with zero attached hydrogens (tertiary/aromatic N) is 2. The maximum atomic E-state index is 5.79. The molecule has 5 nitrogen and oxygen atoms in total. The molecule has 0 saturated carbocycles. The zero-order valence-electron chi connectivity index (χ0n) is 16.6. The van der Waals surface area contributed by atoms with Crippen LogP contribution in [0.2, 0.25) is 0 Å². The Bertz CT molecular complexity index is 676. The first-order valence-corrected chi connectivity index (χ1v) is 9.97. The maximum Gasteiger partial charge on any atom is 0.191 e. The van der Waals surface area contributed by atoms with Crippen LogP contribution in [0.4, 0.5) is 0 Å². The minimum absolute atomic E-state index is 0. The lowest BCUT2D eigenvalue weighted by Crippen LogP contribution is -2.39. The molecule has 2 aromatic rings. The van der Waals surface area contributed by atoms with Crippen LogP contribution >= 0.6 is 35.3 Å². The van der Waals surface area contributed by atoms with Gasteiger partial charge in [0.1, 0.15) is 0 Å². The van der Waals surface area contributed by atoms with Crippen LogP contribution < -0.4 is 10.6 Å². The average molecular weight is 502 g/mol. The fraction of sp³-hybridized carbons (Fsp3) is 0.500. The topological polar surface area (TPSA) is 58.5 Å². The van der Waals surface area contributed by atoms with Gasteiger partial charge >= 0.3 is 0 Å². The summed E-state index contributed by atoms with van der Waals surface area (Å²) in [4.78, 5) is 8.91. The Labute approximate surface area is 184 Å². The molecule has 0 aliphatic carbocycles. The third-order valence-electron chi connectivity index (χ3n) is 3.86. The van der Waals surface area contributed by atoms with E-state index in [0.717, 1.165) is 18.2 Å². The molecule has 1 aromatic heterocycles. The summed E-state index contributed by atoms with van der Waals surface area (Å²) >= 11 is 1.71. The van der Waals surface area contributed by atoms with E-state index in [4.69, 9.17) is 4.74 Å². The first kappa shape index (κ1) is 23.8. The number of rotatable bonds is 9. The number of aromatic nitrogens is 1. The third kappa shape index (κ3) is 9.03. The number of benzene rings is 1. The molecular weight excluding hydrogens is 471 g/mol. The van der Waals surface area contributed by atoms with Crippen molar-refractivity contribution in [3.05, 3.63) is 52.0 Å². The van der Waals surface area contributed by atoms with Crippen molar-refractivity contribution in [2.75, 3.05) is 20.2 Å². The minimum Gasteiger partial charge on any atom is -0.376 e. The molecule has 0 radical (unpaired) electrons. The number of halogens is 1. The van der Waals surface area contributed by atoms with Gasteiger partial charge in [0.2, 0.25) is 0 Å².